The zero-order chi connectivity index (χ0) is 22.4. The number of nitrogens with one attached hydrogen (secondary N) is 2. The minimum atomic E-state index is -4.12. The molecule has 1 atom stereocenters. The first kappa shape index (κ1) is 23.6. The maximum Gasteiger partial charge on any atom is 0.242 e. The van der Waals surface area contributed by atoms with Crippen molar-refractivity contribution in [3.8, 4) is 0 Å². The smallest absolute Gasteiger partial charge is 0.242 e. The van der Waals surface area contributed by atoms with Gasteiger partial charge >= 0.3 is 0 Å². The van der Waals surface area contributed by atoms with Crippen LogP contribution < -0.4 is 10.0 Å². The topological polar surface area (TPSA) is 75.3 Å². The summed E-state index contributed by atoms with van der Waals surface area (Å²) in [6.45, 7) is 0.156. The third kappa shape index (κ3) is 6.45. The molecular weight excluding hydrogens is 479 g/mol. The molecule has 2 N–H and O–H groups in total. The Kier molecular flexibility index (Phi) is 7.97. The highest BCUT2D eigenvalue weighted by atomic mass is 35.5. The van der Waals surface area contributed by atoms with Gasteiger partial charge in [0.2, 0.25) is 15.9 Å². The fraction of sp³-hybridized carbons (Fsp3) is 0.136. The van der Waals surface area contributed by atoms with Crippen LogP contribution in [0.4, 0.5) is 0 Å². The fourth-order valence-electron chi connectivity index (χ4n) is 2.92. The van der Waals surface area contributed by atoms with E-state index in [0.717, 1.165) is 11.1 Å². The molecule has 0 radical (unpaired) electrons. The second-order valence-electron chi connectivity index (χ2n) is 6.75. The van der Waals surface area contributed by atoms with E-state index in [4.69, 9.17) is 34.8 Å². The summed E-state index contributed by atoms with van der Waals surface area (Å²) >= 11 is 18.2. The molecule has 162 valence electrons. The van der Waals surface area contributed by atoms with Crippen LogP contribution in [0.25, 0.3) is 0 Å². The number of carbonyl (C=O) groups is 1. The van der Waals surface area contributed by atoms with Crippen LogP contribution in [-0.4, -0.2) is 20.4 Å². The molecule has 0 aromatic heterocycles. The average molecular weight is 498 g/mol. The summed E-state index contributed by atoms with van der Waals surface area (Å²) < 4.78 is 28.4. The van der Waals surface area contributed by atoms with E-state index in [2.05, 4.69) is 10.0 Å². The second-order valence-corrected chi connectivity index (χ2v) is 9.68. The van der Waals surface area contributed by atoms with Crippen LogP contribution >= 0.6 is 34.8 Å². The Morgan fingerprint density at radius 1 is 0.871 bits per heavy atom. The molecule has 3 aromatic carbocycles. The van der Waals surface area contributed by atoms with E-state index >= 15 is 0 Å². The molecule has 1 amide bonds. The van der Waals surface area contributed by atoms with Crippen molar-refractivity contribution >= 4 is 50.7 Å². The van der Waals surface area contributed by atoms with E-state index in [-0.39, 0.29) is 27.9 Å². The van der Waals surface area contributed by atoms with Gasteiger partial charge in [-0.3, -0.25) is 4.79 Å². The largest absolute Gasteiger partial charge is 0.351 e. The van der Waals surface area contributed by atoms with Gasteiger partial charge in [-0.05, 0) is 41.8 Å². The van der Waals surface area contributed by atoms with E-state index < -0.39 is 22.0 Å². The van der Waals surface area contributed by atoms with Gasteiger partial charge in [-0.1, -0.05) is 83.3 Å². The Morgan fingerprint density at radius 3 is 2.26 bits per heavy atom. The SMILES string of the molecule is O=C(NCc1ccccc1Cl)[C@@H](Cc1ccccc1)NS(=O)(=O)c1cc(Cl)ccc1Cl. The molecule has 9 heteroatoms. The number of amides is 1. The van der Waals surface area contributed by atoms with Crippen molar-refractivity contribution in [2.45, 2.75) is 23.9 Å². The highest BCUT2D eigenvalue weighted by molar-refractivity contribution is 7.89. The summed E-state index contributed by atoms with van der Waals surface area (Å²) in [4.78, 5) is 12.8. The van der Waals surface area contributed by atoms with Gasteiger partial charge in [-0.2, -0.15) is 4.72 Å². The molecule has 0 aliphatic rings. The molecule has 0 aliphatic carbocycles. The first-order chi connectivity index (χ1) is 14.8. The maximum absolute atomic E-state index is 13.0. The number of sulfonamides is 1. The number of hydrogen-bond donors (Lipinski definition) is 2. The van der Waals surface area contributed by atoms with Crippen molar-refractivity contribution in [1.29, 1.82) is 0 Å². The first-order valence-electron chi connectivity index (χ1n) is 9.28. The monoisotopic (exact) mass is 496 g/mol. The lowest BCUT2D eigenvalue weighted by molar-refractivity contribution is -0.122. The number of halogens is 3. The van der Waals surface area contributed by atoms with E-state index in [1.54, 1.807) is 24.3 Å². The number of carbonyl (C=O) groups excluding carboxylic acids is 1. The zero-order valence-electron chi connectivity index (χ0n) is 16.2. The van der Waals surface area contributed by atoms with E-state index in [1.165, 1.54) is 18.2 Å². The zero-order valence-corrected chi connectivity index (χ0v) is 19.3. The summed E-state index contributed by atoms with van der Waals surface area (Å²) in [5.41, 5.74) is 1.51. The minimum absolute atomic E-state index is 0.00633. The third-order valence-corrected chi connectivity index (χ3v) is 7.05. The highest BCUT2D eigenvalue weighted by Gasteiger charge is 2.27. The number of rotatable bonds is 8. The van der Waals surface area contributed by atoms with Gasteiger partial charge in [0.25, 0.3) is 0 Å². The maximum atomic E-state index is 13.0. The molecule has 0 bridgehead atoms. The lowest BCUT2D eigenvalue weighted by atomic mass is 10.1. The molecule has 0 aliphatic heterocycles. The van der Waals surface area contributed by atoms with Crippen LogP contribution in [0.5, 0.6) is 0 Å². The molecule has 0 saturated carbocycles. The minimum Gasteiger partial charge on any atom is -0.351 e. The van der Waals surface area contributed by atoms with E-state index in [0.29, 0.717) is 5.02 Å². The van der Waals surface area contributed by atoms with Crippen LogP contribution in [0.2, 0.25) is 15.1 Å². The molecule has 0 unspecified atom stereocenters. The Bertz CT molecular complexity index is 1170. The van der Waals surface area contributed by atoms with Crippen molar-refractivity contribution in [3.05, 3.63) is 99.0 Å². The predicted molar refractivity (Wildman–Crippen MR) is 124 cm³/mol. The molecule has 0 saturated heterocycles. The molecule has 0 spiro atoms. The lowest BCUT2D eigenvalue weighted by Crippen LogP contribution is -2.47. The van der Waals surface area contributed by atoms with Crippen LogP contribution in [-0.2, 0) is 27.8 Å². The molecular formula is C22H19Cl3N2O3S. The Morgan fingerprint density at radius 2 is 1.55 bits per heavy atom. The van der Waals surface area contributed by atoms with E-state index in [1.807, 2.05) is 30.3 Å². The van der Waals surface area contributed by atoms with Gasteiger partial charge in [-0.25, -0.2) is 8.42 Å². The van der Waals surface area contributed by atoms with Gasteiger partial charge in [0, 0.05) is 16.6 Å². The summed E-state index contributed by atoms with van der Waals surface area (Å²) in [6, 6.07) is 19.2. The predicted octanol–water partition coefficient (Wildman–Crippen LogP) is 4.85. The molecule has 5 nitrogen and oxygen atoms in total. The van der Waals surface area contributed by atoms with Crippen molar-refractivity contribution < 1.29 is 13.2 Å². The van der Waals surface area contributed by atoms with Gasteiger partial charge in [0.05, 0.1) is 5.02 Å². The summed E-state index contributed by atoms with van der Waals surface area (Å²) in [7, 11) is -4.12. The van der Waals surface area contributed by atoms with Gasteiger partial charge < -0.3 is 5.32 Å². The van der Waals surface area contributed by atoms with E-state index in [9.17, 15) is 13.2 Å². The normalized spacial score (nSPS) is 12.4. The Labute approximate surface area is 196 Å². The quantitative estimate of drug-likeness (QED) is 0.467. The van der Waals surface area contributed by atoms with Crippen LogP contribution in [0.15, 0.2) is 77.7 Å². The standard InChI is InChI=1S/C22H19Cl3N2O3S/c23-17-10-11-19(25)21(13-17)31(29,30)27-20(12-15-6-2-1-3-7-15)22(28)26-14-16-8-4-5-9-18(16)24/h1-11,13,20,27H,12,14H2,(H,26,28)/t20-/m1/s1. The highest BCUT2D eigenvalue weighted by Crippen LogP contribution is 2.25. The Balaban J connectivity index is 1.84. The van der Waals surface area contributed by atoms with Crippen molar-refractivity contribution in [1.82, 2.24) is 10.0 Å². The lowest BCUT2D eigenvalue weighted by Gasteiger charge is -2.19. The number of benzene rings is 3. The van der Waals surface area contributed by atoms with Gasteiger partial charge in [0.15, 0.2) is 0 Å². The fourth-order valence-corrected chi connectivity index (χ4v) is 5.08. The van der Waals surface area contributed by atoms with Crippen molar-refractivity contribution in [2.75, 3.05) is 0 Å². The Hall–Kier alpha value is -2.09. The molecule has 0 heterocycles. The van der Waals surface area contributed by atoms with Crippen LogP contribution in [0, 0.1) is 0 Å². The summed E-state index contributed by atoms with van der Waals surface area (Å²) in [5.74, 6) is -0.495. The van der Waals surface area contributed by atoms with Crippen LogP contribution in [0.3, 0.4) is 0 Å². The molecule has 3 rings (SSSR count). The molecule has 0 fully saturated rings. The van der Waals surface area contributed by atoms with Gasteiger partial charge in [-0.15, -0.1) is 0 Å². The van der Waals surface area contributed by atoms with Crippen molar-refractivity contribution in [3.63, 3.8) is 0 Å². The second kappa shape index (κ2) is 10.5. The average Bonchev–Trinajstić information content (AvgIpc) is 2.74. The molecule has 3 aromatic rings. The first-order valence-corrected chi connectivity index (χ1v) is 11.9. The molecule has 31 heavy (non-hydrogen) atoms. The van der Waals surface area contributed by atoms with Crippen LogP contribution in [0.1, 0.15) is 11.1 Å². The summed E-state index contributed by atoms with van der Waals surface area (Å²) in [5, 5.41) is 3.48. The summed E-state index contributed by atoms with van der Waals surface area (Å²) in [6.07, 6.45) is 0.145. The van der Waals surface area contributed by atoms with Crippen molar-refractivity contribution in [2.24, 2.45) is 0 Å². The third-order valence-electron chi connectivity index (χ3n) is 4.49. The van der Waals surface area contributed by atoms with Gasteiger partial charge in [0.1, 0.15) is 10.9 Å². The number of hydrogen-bond acceptors (Lipinski definition) is 3.